The predicted octanol–water partition coefficient (Wildman–Crippen LogP) is 3.42. The van der Waals surface area contributed by atoms with Gasteiger partial charge in [-0.25, -0.2) is 0 Å². The maximum absolute atomic E-state index is 4.50. The molecule has 0 fully saturated rings. The maximum Gasteiger partial charge on any atom is 0.0299 e. The Morgan fingerprint density at radius 1 is 1.19 bits per heavy atom. The van der Waals surface area contributed by atoms with Crippen LogP contribution in [0.25, 0.3) is 0 Å². The third-order valence-corrected chi connectivity index (χ3v) is 2.37. The number of hydrogen-bond acceptors (Lipinski definition) is 2. The summed E-state index contributed by atoms with van der Waals surface area (Å²) < 4.78 is 0. The minimum absolute atomic E-state index is 0.481. The van der Waals surface area contributed by atoms with Crippen molar-refractivity contribution in [3.8, 4) is 0 Å². The zero-order chi connectivity index (χ0) is 12.4. The van der Waals surface area contributed by atoms with Crippen molar-refractivity contribution >= 4 is 0 Å². The number of hydrogen-bond donors (Lipinski definition) is 1. The van der Waals surface area contributed by atoms with Crippen LogP contribution < -0.4 is 5.73 Å². The van der Waals surface area contributed by atoms with Crippen LogP contribution >= 0.6 is 0 Å². The Hall–Kier alpha value is -0.890. The third kappa shape index (κ3) is 8.42. The Morgan fingerprint density at radius 2 is 1.88 bits per heavy atom. The van der Waals surface area contributed by atoms with Gasteiger partial charge in [0.2, 0.25) is 0 Å². The molecule has 0 radical (unpaired) electrons. The highest BCUT2D eigenvalue weighted by molar-refractivity contribution is 5.08. The van der Waals surface area contributed by atoms with E-state index < -0.39 is 0 Å². The van der Waals surface area contributed by atoms with E-state index in [9.17, 15) is 0 Å². The molecule has 16 heavy (non-hydrogen) atoms. The van der Waals surface area contributed by atoms with Gasteiger partial charge in [0.15, 0.2) is 0 Å². The fraction of sp³-hybridized carbons (Fsp3) is 0.643. The summed E-state index contributed by atoms with van der Waals surface area (Å²) in [6.07, 6.45) is 8.88. The minimum Gasteiger partial charge on any atom is -0.333 e. The highest BCUT2D eigenvalue weighted by atomic mass is 14.6. The van der Waals surface area contributed by atoms with E-state index in [0.717, 1.165) is 0 Å². The smallest absolute Gasteiger partial charge is 0.0299 e. The second kappa shape index (κ2) is 8.28. The van der Waals surface area contributed by atoms with Gasteiger partial charge >= 0.3 is 0 Å². The molecule has 0 bridgehead atoms. The van der Waals surface area contributed by atoms with Gasteiger partial charge in [0.1, 0.15) is 0 Å². The fourth-order valence-corrected chi connectivity index (χ4v) is 1.53. The summed E-state index contributed by atoms with van der Waals surface area (Å²) in [6.45, 7) is 6.91. The number of rotatable bonds is 4. The van der Waals surface area contributed by atoms with Crippen LogP contribution in [0.15, 0.2) is 24.5 Å². The number of aryl methyl sites for hydroxylation is 1. The number of nitrogens with two attached hydrogens (primary N) is 1. The topological polar surface area (TPSA) is 38.9 Å². The molecule has 1 aromatic heterocycles. The largest absolute Gasteiger partial charge is 0.333 e. The standard InChI is InChI=1S/C13H21N.CH5N/c1-13(2,3)9-5-4-7-12-8-6-10-14-11-12;1-2/h6,8,10-11H,4-5,7,9H2,1-3H3;2H2,1H3. The van der Waals surface area contributed by atoms with Gasteiger partial charge in [-0.2, -0.15) is 0 Å². The molecule has 0 aliphatic carbocycles. The molecular formula is C14H26N2. The first kappa shape index (κ1) is 15.1. The minimum atomic E-state index is 0.481. The van der Waals surface area contributed by atoms with Gasteiger partial charge in [0.25, 0.3) is 0 Å². The summed E-state index contributed by atoms with van der Waals surface area (Å²) in [5, 5.41) is 0. The Labute approximate surface area is 100 Å². The van der Waals surface area contributed by atoms with E-state index in [4.69, 9.17) is 0 Å². The average molecular weight is 222 g/mol. The Balaban J connectivity index is 0.00000106. The summed E-state index contributed by atoms with van der Waals surface area (Å²) in [5.41, 5.74) is 6.34. The molecule has 0 aliphatic heterocycles. The maximum atomic E-state index is 4.50. The second-order valence-corrected chi connectivity index (χ2v) is 5.13. The lowest BCUT2D eigenvalue weighted by Gasteiger charge is -2.17. The van der Waals surface area contributed by atoms with Gasteiger partial charge in [-0.3, -0.25) is 4.98 Å². The second-order valence-electron chi connectivity index (χ2n) is 5.13. The van der Waals surface area contributed by atoms with Crippen LogP contribution in [0.4, 0.5) is 0 Å². The Bertz CT molecular complexity index is 249. The number of aromatic nitrogens is 1. The number of unbranched alkanes of at least 4 members (excludes halogenated alkanes) is 1. The van der Waals surface area contributed by atoms with E-state index in [-0.39, 0.29) is 0 Å². The first-order valence-electron chi connectivity index (χ1n) is 6.04. The number of pyridine rings is 1. The molecule has 0 saturated carbocycles. The van der Waals surface area contributed by atoms with Crippen LogP contribution in [0, 0.1) is 5.41 Å². The first-order chi connectivity index (χ1) is 7.58. The van der Waals surface area contributed by atoms with Gasteiger partial charge in [-0.15, -0.1) is 0 Å². The Kier molecular flexibility index (Phi) is 7.82. The third-order valence-electron chi connectivity index (χ3n) is 2.37. The molecule has 0 amide bonds. The van der Waals surface area contributed by atoms with Crippen molar-refractivity contribution < 1.29 is 0 Å². The molecule has 0 spiro atoms. The molecule has 1 rings (SSSR count). The van der Waals surface area contributed by atoms with Crippen molar-refractivity contribution in [3.63, 3.8) is 0 Å². The van der Waals surface area contributed by atoms with Crippen molar-refractivity contribution in [2.24, 2.45) is 11.1 Å². The lowest BCUT2D eigenvalue weighted by atomic mass is 9.89. The van der Waals surface area contributed by atoms with E-state index in [2.05, 4.69) is 37.6 Å². The molecule has 0 saturated heterocycles. The summed E-state index contributed by atoms with van der Waals surface area (Å²) in [5.74, 6) is 0. The normalized spacial score (nSPS) is 10.6. The van der Waals surface area contributed by atoms with Crippen molar-refractivity contribution in [2.45, 2.75) is 46.5 Å². The summed E-state index contributed by atoms with van der Waals surface area (Å²) in [6, 6.07) is 4.17. The van der Waals surface area contributed by atoms with Gasteiger partial charge < -0.3 is 5.73 Å². The SMILES string of the molecule is CC(C)(C)CCCCc1cccnc1.CN. The van der Waals surface area contributed by atoms with E-state index in [0.29, 0.717) is 5.41 Å². The van der Waals surface area contributed by atoms with Gasteiger partial charge in [-0.1, -0.05) is 33.3 Å². The van der Waals surface area contributed by atoms with Crippen molar-refractivity contribution in [2.75, 3.05) is 7.05 Å². The molecule has 2 nitrogen and oxygen atoms in total. The summed E-state index contributed by atoms with van der Waals surface area (Å²) in [4.78, 5) is 4.11. The van der Waals surface area contributed by atoms with E-state index in [1.54, 1.807) is 0 Å². The monoisotopic (exact) mass is 222 g/mol. The molecule has 2 N–H and O–H groups in total. The van der Waals surface area contributed by atoms with Crippen LogP contribution in [-0.2, 0) is 6.42 Å². The van der Waals surface area contributed by atoms with Gasteiger partial charge in [0, 0.05) is 12.4 Å². The van der Waals surface area contributed by atoms with Crippen LogP contribution in [0.3, 0.4) is 0 Å². The zero-order valence-corrected chi connectivity index (χ0v) is 11.2. The van der Waals surface area contributed by atoms with E-state index >= 15 is 0 Å². The van der Waals surface area contributed by atoms with Crippen molar-refractivity contribution in [3.05, 3.63) is 30.1 Å². The first-order valence-corrected chi connectivity index (χ1v) is 6.04. The summed E-state index contributed by atoms with van der Waals surface area (Å²) >= 11 is 0. The van der Waals surface area contributed by atoms with E-state index in [1.165, 1.54) is 38.3 Å². The van der Waals surface area contributed by atoms with Crippen molar-refractivity contribution in [1.29, 1.82) is 0 Å². The van der Waals surface area contributed by atoms with Crippen LogP contribution in [0.1, 0.15) is 45.6 Å². The molecule has 2 heteroatoms. The predicted molar refractivity (Wildman–Crippen MR) is 71.4 cm³/mol. The molecule has 1 heterocycles. The van der Waals surface area contributed by atoms with E-state index in [1.807, 2.05) is 18.5 Å². The molecule has 0 atom stereocenters. The molecule has 0 unspecified atom stereocenters. The lowest BCUT2D eigenvalue weighted by Crippen LogP contribution is -2.04. The number of nitrogens with zero attached hydrogens (tertiary/aromatic N) is 1. The zero-order valence-electron chi connectivity index (χ0n) is 11.2. The highest BCUT2D eigenvalue weighted by Gasteiger charge is 2.08. The van der Waals surface area contributed by atoms with Gasteiger partial charge in [0.05, 0.1) is 0 Å². The van der Waals surface area contributed by atoms with Crippen LogP contribution in [0.2, 0.25) is 0 Å². The fourth-order valence-electron chi connectivity index (χ4n) is 1.53. The van der Waals surface area contributed by atoms with Gasteiger partial charge in [-0.05, 0) is 43.4 Å². The Morgan fingerprint density at radius 3 is 2.38 bits per heavy atom. The molecule has 92 valence electrons. The lowest BCUT2D eigenvalue weighted by molar-refractivity contribution is 0.360. The van der Waals surface area contributed by atoms with Crippen LogP contribution in [-0.4, -0.2) is 12.0 Å². The average Bonchev–Trinajstić information content (AvgIpc) is 2.28. The van der Waals surface area contributed by atoms with Crippen molar-refractivity contribution in [1.82, 2.24) is 4.98 Å². The van der Waals surface area contributed by atoms with Crippen LogP contribution in [0.5, 0.6) is 0 Å². The molecule has 0 aromatic carbocycles. The highest BCUT2D eigenvalue weighted by Crippen LogP contribution is 2.22. The summed E-state index contributed by atoms with van der Waals surface area (Å²) in [7, 11) is 1.50. The molecule has 1 aromatic rings. The quantitative estimate of drug-likeness (QED) is 0.793. The molecular weight excluding hydrogens is 196 g/mol. The molecule has 0 aliphatic rings.